The number of nitrogens with zero attached hydrogens (tertiary/aromatic N) is 4. The maximum atomic E-state index is 14.1. The standard InChI is InChI=1S/C28H27N5O2S.ClH/c1-32-20-30-18-24(32)16-27-28(15-23-14-22(17-29)12-13-26(23)31-27)33(19-21-8-4-2-5-9-21)36(34,35)25-10-6-3-7-11-25;/h2-14,18,20,27-28,31H,15-16,19H2,1H3;1H/t27-,28-;/m1./s1. The van der Waals surface area contributed by atoms with E-state index in [0.717, 1.165) is 22.5 Å². The number of imidazole rings is 1. The molecule has 4 aromatic rings. The number of anilines is 1. The molecule has 0 aliphatic carbocycles. The largest absolute Gasteiger partial charge is 0.380 e. The summed E-state index contributed by atoms with van der Waals surface area (Å²) in [6, 6.07) is 25.4. The minimum absolute atomic E-state index is 0. The number of hydrogen-bond acceptors (Lipinski definition) is 5. The molecule has 9 heteroatoms. The van der Waals surface area contributed by atoms with Crippen LogP contribution >= 0.6 is 12.4 Å². The molecule has 37 heavy (non-hydrogen) atoms. The van der Waals surface area contributed by atoms with E-state index in [4.69, 9.17) is 0 Å². The monoisotopic (exact) mass is 533 g/mol. The minimum Gasteiger partial charge on any atom is -0.380 e. The molecule has 0 bridgehead atoms. The highest BCUT2D eigenvalue weighted by molar-refractivity contribution is 7.89. The second-order valence-electron chi connectivity index (χ2n) is 9.05. The highest BCUT2D eigenvalue weighted by atomic mass is 35.5. The van der Waals surface area contributed by atoms with Crippen LogP contribution < -0.4 is 5.32 Å². The molecular formula is C28H28ClN5O2S. The van der Waals surface area contributed by atoms with Crippen LogP contribution in [0.3, 0.4) is 0 Å². The fourth-order valence-corrected chi connectivity index (χ4v) is 6.47. The van der Waals surface area contributed by atoms with Gasteiger partial charge in [-0.3, -0.25) is 0 Å². The average Bonchev–Trinajstić information content (AvgIpc) is 3.31. The van der Waals surface area contributed by atoms with Gasteiger partial charge in [-0.05, 0) is 47.9 Å². The number of aryl methyl sites for hydroxylation is 1. The molecule has 5 rings (SSSR count). The third-order valence-corrected chi connectivity index (χ3v) is 8.60. The molecule has 0 radical (unpaired) electrons. The van der Waals surface area contributed by atoms with E-state index in [1.54, 1.807) is 41.0 Å². The summed E-state index contributed by atoms with van der Waals surface area (Å²) in [5.74, 6) is 0. The summed E-state index contributed by atoms with van der Waals surface area (Å²) in [5, 5.41) is 13.1. The predicted octanol–water partition coefficient (Wildman–Crippen LogP) is 4.55. The normalized spacial score (nSPS) is 16.8. The molecule has 0 amide bonds. The van der Waals surface area contributed by atoms with Crippen molar-refractivity contribution >= 4 is 28.1 Å². The van der Waals surface area contributed by atoms with Crippen molar-refractivity contribution < 1.29 is 8.42 Å². The lowest BCUT2D eigenvalue weighted by molar-refractivity contribution is 0.272. The highest BCUT2D eigenvalue weighted by Crippen LogP contribution is 2.33. The summed E-state index contributed by atoms with van der Waals surface area (Å²) in [4.78, 5) is 4.52. The topological polar surface area (TPSA) is 91.0 Å². The Balaban J connectivity index is 0.00000320. The molecule has 2 atom stereocenters. The second kappa shape index (κ2) is 11.2. The number of aromatic nitrogens is 2. The van der Waals surface area contributed by atoms with Crippen LogP contribution in [-0.2, 0) is 36.5 Å². The third kappa shape index (κ3) is 5.54. The number of sulfonamides is 1. The molecular weight excluding hydrogens is 506 g/mol. The van der Waals surface area contributed by atoms with Crippen LogP contribution in [-0.4, -0.2) is 34.4 Å². The first kappa shape index (κ1) is 26.4. The maximum absolute atomic E-state index is 14.1. The van der Waals surface area contributed by atoms with Gasteiger partial charge in [-0.25, -0.2) is 13.4 Å². The van der Waals surface area contributed by atoms with Gasteiger partial charge in [0.2, 0.25) is 10.0 Å². The molecule has 190 valence electrons. The van der Waals surface area contributed by atoms with E-state index in [1.165, 1.54) is 0 Å². The van der Waals surface area contributed by atoms with Crippen LogP contribution in [0.4, 0.5) is 5.69 Å². The van der Waals surface area contributed by atoms with Gasteiger partial charge in [0.15, 0.2) is 0 Å². The van der Waals surface area contributed by atoms with Gasteiger partial charge in [0.25, 0.3) is 0 Å². The second-order valence-corrected chi connectivity index (χ2v) is 10.9. The molecule has 0 unspecified atom stereocenters. The number of nitrogens with one attached hydrogen (secondary N) is 1. The Bertz CT molecular complexity index is 1500. The van der Waals surface area contributed by atoms with Gasteiger partial charge in [-0.1, -0.05) is 48.5 Å². The zero-order valence-corrected chi connectivity index (χ0v) is 22.0. The number of halogens is 1. The van der Waals surface area contributed by atoms with Gasteiger partial charge in [-0.2, -0.15) is 9.57 Å². The molecule has 1 N–H and O–H groups in total. The van der Waals surface area contributed by atoms with Crippen LogP contribution in [0.15, 0.2) is 96.3 Å². The van der Waals surface area contributed by atoms with E-state index < -0.39 is 16.1 Å². The number of hydrogen-bond donors (Lipinski definition) is 1. The lowest BCUT2D eigenvalue weighted by Gasteiger charge is -2.41. The molecule has 0 spiro atoms. The molecule has 1 aliphatic heterocycles. The van der Waals surface area contributed by atoms with Crippen LogP contribution in [0.25, 0.3) is 0 Å². The Morgan fingerprint density at radius 3 is 2.43 bits per heavy atom. The average molecular weight is 534 g/mol. The number of nitriles is 1. The van der Waals surface area contributed by atoms with Crippen molar-refractivity contribution in [3.63, 3.8) is 0 Å². The first-order chi connectivity index (χ1) is 17.5. The molecule has 7 nitrogen and oxygen atoms in total. The minimum atomic E-state index is -3.83. The summed E-state index contributed by atoms with van der Waals surface area (Å²) in [6.45, 7) is 0.236. The van der Waals surface area contributed by atoms with Crippen LogP contribution in [0.1, 0.15) is 22.4 Å². The van der Waals surface area contributed by atoms with Crippen LogP contribution in [0, 0.1) is 11.3 Å². The van der Waals surface area contributed by atoms with Crippen molar-refractivity contribution in [2.24, 2.45) is 7.05 Å². The van der Waals surface area contributed by atoms with Gasteiger partial charge in [0.05, 0.1) is 28.9 Å². The first-order valence-electron chi connectivity index (χ1n) is 11.8. The fourth-order valence-electron chi connectivity index (χ4n) is 4.80. The van der Waals surface area contributed by atoms with Gasteiger partial charge in [-0.15, -0.1) is 12.4 Å². The molecule has 1 aromatic heterocycles. The highest BCUT2D eigenvalue weighted by Gasteiger charge is 2.39. The van der Waals surface area contributed by atoms with E-state index in [0.29, 0.717) is 18.4 Å². The lowest BCUT2D eigenvalue weighted by atomic mass is 9.89. The van der Waals surface area contributed by atoms with E-state index >= 15 is 0 Å². The van der Waals surface area contributed by atoms with Gasteiger partial charge in [0, 0.05) is 43.6 Å². The summed E-state index contributed by atoms with van der Waals surface area (Å²) < 4.78 is 31.8. The van der Waals surface area contributed by atoms with Crippen molar-refractivity contribution in [3.05, 3.63) is 114 Å². The third-order valence-electron chi connectivity index (χ3n) is 6.72. The smallest absolute Gasteiger partial charge is 0.243 e. The summed E-state index contributed by atoms with van der Waals surface area (Å²) in [5.41, 5.74) is 4.33. The van der Waals surface area contributed by atoms with Gasteiger partial charge in [0.1, 0.15) is 0 Å². The van der Waals surface area contributed by atoms with E-state index in [9.17, 15) is 13.7 Å². The maximum Gasteiger partial charge on any atom is 0.243 e. The van der Waals surface area contributed by atoms with E-state index in [-0.39, 0.29) is 29.9 Å². The van der Waals surface area contributed by atoms with E-state index in [1.807, 2.05) is 66.3 Å². The molecule has 0 fully saturated rings. The Kier molecular flexibility index (Phi) is 7.98. The van der Waals surface area contributed by atoms with Crippen molar-refractivity contribution in [1.82, 2.24) is 13.9 Å². The Labute approximate surface area is 223 Å². The molecule has 2 heterocycles. The molecule has 3 aromatic carbocycles. The zero-order valence-electron chi connectivity index (χ0n) is 20.4. The van der Waals surface area contributed by atoms with Crippen molar-refractivity contribution in [2.75, 3.05) is 5.32 Å². The zero-order chi connectivity index (χ0) is 25.1. The van der Waals surface area contributed by atoms with Crippen LogP contribution in [0.2, 0.25) is 0 Å². The molecule has 0 saturated heterocycles. The number of fused-ring (bicyclic) bond motifs is 1. The Morgan fingerprint density at radius 2 is 1.78 bits per heavy atom. The van der Waals surface area contributed by atoms with Crippen molar-refractivity contribution in [3.8, 4) is 6.07 Å². The van der Waals surface area contributed by atoms with Crippen molar-refractivity contribution in [1.29, 1.82) is 5.26 Å². The lowest BCUT2D eigenvalue weighted by Crippen LogP contribution is -2.53. The number of benzene rings is 3. The fraction of sp³-hybridized carbons (Fsp3) is 0.214. The quantitative estimate of drug-likeness (QED) is 0.376. The SMILES string of the molecule is Cl.Cn1cncc1C[C@H]1Nc2ccc(C#N)cc2C[C@H]1N(Cc1ccccc1)S(=O)(=O)c1ccccc1. The van der Waals surface area contributed by atoms with Gasteiger partial charge < -0.3 is 9.88 Å². The van der Waals surface area contributed by atoms with Crippen molar-refractivity contribution in [2.45, 2.75) is 36.4 Å². The molecule has 1 aliphatic rings. The predicted molar refractivity (Wildman–Crippen MR) is 146 cm³/mol. The van der Waals surface area contributed by atoms with E-state index in [2.05, 4.69) is 16.4 Å². The Hall–Kier alpha value is -3.64. The van der Waals surface area contributed by atoms with Gasteiger partial charge >= 0.3 is 0 Å². The summed E-state index contributed by atoms with van der Waals surface area (Å²) in [6.07, 6.45) is 4.65. The summed E-state index contributed by atoms with van der Waals surface area (Å²) in [7, 11) is -1.89. The number of rotatable bonds is 7. The first-order valence-corrected chi connectivity index (χ1v) is 13.3. The van der Waals surface area contributed by atoms with Crippen LogP contribution in [0.5, 0.6) is 0 Å². The Morgan fingerprint density at radius 1 is 1.08 bits per heavy atom. The molecule has 0 saturated carbocycles. The summed E-state index contributed by atoms with van der Waals surface area (Å²) >= 11 is 0.